The Morgan fingerprint density at radius 1 is 1.21 bits per heavy atom. The lowest BCUT2D eigenvalue weighted by atomic mass is 10.0. The molecule has 1 amide bonds. The molecule has 0 aliphatic heterocycles. The van der Waals surface area contributed by atoms with Gasteiger partial charge in [0.05, 0.1) is 10.6 Å². The van der Waals surface area contributed by atoms with Crippen molar-refractivity contribution in [3.63, 3.8) is 0 Å². The minimum atomic E-state index is -0.596. The highest BCUT2D eigenvalue weighted by atomic mass is 35.5. The number of nitrogens with zero attached hydrogens (tertiary/aromatic N) is 3. The van der Waals surface area contributed by atoms with Crippen LogP contribution in [0.3, 0.4) is 0 Å². The van der Waals surface area contributed by atoms with Crippen LogP contribution in [0.5, 0.6) is 0 Å². The van der Waals surface area contributed by atoms with Crippen molar-refractivity contribution in [1.29, 1.82) is 0 Å². The molecule has 0 aliphatic carbocycles. The van der Waals surface area contributed by atoms with Gasteiger partial charge in [-0.05, 0) is 38.1 Å². The molecule has 0 saturated carbocycles. The third-order valence-corrected chi connectivity index (χ3v) is 4.58. The van der Waals surface area contributed by atoms with E-state index in [0.717, 1.165) is 5.56 Å². The molecule has 2 aromatic heterocycles. The molecule has 0 aliphatic rings. The maximum absolute atomic E-state index is 14.3. The molecule has 0 fully saturated rings. The van der Waals surface area contributed by atoms with Gasteiger partial charge in [0, 0.05) is 11.3 Å². The van der Waals surface area contributed by atoms with E-state index >= 15 is 0 Å². The van der Waals surface area contributed by atoms with Crippen LogP contribution in [0.4, 0.5) is 10.1 Å². The van der Waals surface area contributed by atoms with Crippen LogP contribution >= 0.6 is 11.6 Å². The third kappa shape index (κ3) is 3.62. The molecular formula is C20H15ClFN5O2. The Hall–Kier alpha value is -3.52. The largest absolute Gasteiger partial charge is 0.360 e. The molecule has 0 radical (unpaired) electrons. The Morgan fingerprint density at radius 3 is 2.72 bits per heavy atom. The summed E-state index contributed by atoms with van der Waals surface area (Å²) >= 11 is 6.13. The highest BCUT2D eigenvalue weighted by Crippen LogP contribution is 2.34. The summed E-state index contributed by atoms with van der Waals surface area (Å²) in [4.78, 5) is 17.2. The normalized spacial score (nSPS) is 10.9. The molecule has 0 unspecified atom stereocenters. The number of hydrogen-bond donors (Lipinski definition) is 2. The zero-order chi connectivity index (χ0) is 20.5. The fourth-order valence-corrected chi connectivity index (χ4v) is 3.19. The summed E-state index contributed by atoms with van der Waals surface area (Å²) in [6.45, 7) is 3.37. The molecule has 4 aromatic rings. The van der Waals surface area contributed by atoms with Gasteiger partial charge in [-0.1, -0.05) is 35.0 Å². The second-order valence-electron chi connectivity index (χ2n) is 6.34. The number of anilines is 1. The quantitative estimate of drug-likeness (QED) is 0.503. The zero-order valence-corrected chi connectivity index (χ0v) is 16.2. The number of benzene rings is 2. The van der Waals surface area contributed by atoms with E-state index in [2.05, 4.69) is 25.7 Å². The van der Waals surface area contributed by atoms with Crippen molar-refractivity contribution in [2.24, 2.45) is 0 Å². The zero-order valence-electron chi connectivity index (χ0n) is 15.5. The number of aromatic nitrogens is 4. The van der Waals surface area contributed by atoms with Gasteiger partial charge in [-0.25, -0.2) is 9.37 Å². The van der Waals surface area contributed by atoms with Crippen LogP contribution in [0.2, 0.25) is 5.02 Å². The predicted molar refractivity (Wildman–Crippen MR) is 106 cm³/mol. The summed E-state index contributed by atoms with van der Waals surface area (Å²) in [7, 11) is 0. The number of rotatable bonds is 4. The van der Waals surface area contributed by atoms with E-state index in [1.54, 1.807) is 32.0 Å². The minimum Gasteiger partial charge on any atom is -0.360 e. The van der Waals surface area contributed by atoms with Gasteiger partial charge < -0.3 is 9.84 Å². The molecule has 2 aromatic carbocycles. The number of hydrogen-bond acceptors (Lipinski definition) is 5. The predicted octanol–water partition coefficient (Wildman–Crippen LogP) is 4.79. The maximum atomic E-state index is 14.3. The average Bonchev–Trinajstić information content (AvgIpc) is 3.28. The van der Waals surface area contributed by atoms with Crippen LogP contribution < -0.4 is 5.32 Å². The first-order valence-corrected chi connectivity index (χ1v) is 9.03. The molecule has 2 N–H and O–H groups in total. The number of H-pyrrole nitrogens is 1. The maximum Gasteiger partial charge on any atom is 0.261 e. The molecule has 4 rings (SSSR count). The summed E-state index contributed by atoms with van der Waals surface area (Å²) in [5.41, 5.74) is 1.41. The van der Waals surface area contributed by atoms with Crippen LogP contribution in [-0.4, -0.2) is 26.2 Å². The van der Waals surface area contributed by atoms with Crippen molar-refractivity contribution in [2.45, 2.75) is 13.8 Å². The molecule has 29 heavy (non-hydrogen) atoms. The summed E-state index contributed by atoms with van der Waals surface area (Å²) in [5.74, 6) is 0.348. The Morgan fingerprint density at radius 2 is 2.00 bits per heavy atom. The average molecular weight is 412 g/mol. The molecular weight excluding hydrogens is 397 g/mol. The smallest absolute Gasteiger partial charge is 0.261 e. The van der Waals surface area contributed by atoms with Crippen molar-refractivity contribution in [3.8, 4) is 22.6 Å². The number of carbonyl (C=O) groups excluding carboxylic acids is 1. The Labute approximate surface area is 169 Å². The lowest BCUT2D eigenvalue weighted by Gasteiger charge is -2.08. The Kier molecular flexibility index (Phi) is 4.85. The minimum absolute atomic E-state index is 0.0149. The summed E-state index contributed by atoms with van der Waals surface area (Å²) < 4.78 is 19.5. The highest BCUT2D eigenvalue weighted by Gasteiger charge is 2.25. The number of nitrogens with one attached hydrogen (secondary N) is 2. The molecule has 0 saturated heterocycles. The number of carbonyl (C=O) groups is 1. The summed E-state index contributed by atoms with van der Waals surface area (Å²) in [5, 5.41) is 13.7. The van der Waals surface area contributed by atoms with Crippen LogP contribution in [0.25, 0.3) is 22.6 Å². The topological polar surface area (TPSA) is 96.7 Å². The van der Waals surface area contributed by atoms with E-state index in [1.165, 1.54) is 18.2 Å². The molecule has 9 heteroatoms. The monoisotopic (exact) mass is 411 g/mol. The Bertz CT molecular complexity index is 1200. The third-order valence-electron chi connectivity index (χ3n) is 4.27. The highest BCUT2D eigenvalue weighted by molar-refractivity contribution is 6.33. The van der Waals surface area contributed by atoms with Gasteiger partial charge in [0.15, 0.2) is 5.82 Å². The van der Waals surface area contributed by atoms with Crippen molar-refractivity contribution in [3.05, 3.63) is 70.5 Å². The van der Waals surface area contributed by atoms with Gasteiger partial charge in [-0.2, -0.15) is 5.10 Å². The van der Waals surface area contributed by atoms with E-state index in [1.807, 2.05) is 6.07 Å². The lowest BCUT2D eigenvalue weighted by Crippen LogP contribution is -2.13. The first kappa shape index (κ1) is 18.8. The van der Waals surface area contributed by atoms with Gasteiger partial charge in [0.25, 0.3) is 5.91 Å². The van der Waals surface area contributed by atoms with Crippen molar-refractivity contribution < 1.29 is 13.7 Å². The molecule has 0 atom stereocenters. The first-order valence-electron chi connectivity index (χ1n) is 8.65. The fraction of sp³-hybridized carbons (Fsp3) is 0.100. The second-order valence-corrected chi connectivity index (χ2v) is 6.75. The van der Waals surface area contributed by atoms with Gasteiger partial charge in [-0.15, -0.1) is 0 Å². The number of amides is 1. The molecule has 0 bridgehead atoms. The molecule has 0 spiro atoms. The SMILES string of the molecule is Cc1nc(-c2cccc(NC(=O)c3c(-c4c(F)cccc4Cl)noc3C)c2)n[nH]1. The Balaban J connectivity index is 1.68. The van der Waals surface area contributed by atoms with Gasteiger partial charge in [-0.3, -0.25) is 9.89 Å². The van der Waals surface area contributed by atoms with Gasteiger partial charge >= 0.3 is 0 Å². The lowest BCUT2D eigenvalue weighted by molar-refractivity contribution is 0.102. The van der Waals surface area contributed by atoms with E-state index in [9.17, 15) is 9.18 Å². The van der Waals surface area contributed by atoms with Crippen LogP contribution in [-0.2, 0) is 0 Å². The second kappa shape index (κ2) is 7.48. The first-order chi connectivity index (χ1) is 13.9. The number of halogens is 2. The molecule has 146 valence electrons. The van der Waals surface area contributed by atoms with Crippen LogP contribution in [0.1, 0.15) is 21.9 Å². The van der Waals surface area contributed by atoms with E-state index in [0.29, 0.717) is 17.3 Å². The van der Waals surface area contributed by atoms with Crippen molar-refractivity contribution in [1.82, 2.24) is 20.3 Å². The molecule has 7 nitrogen and oxygen atoms in total. The summed E-state index contributed by atoms with van der Waals surface area (Å²) in [6.07, 6.45) is 0. The molecule has 2 heterocycles. The standard InChI is InChI=1S/C20H15ClFN5O2/c1-10-16(18(27-29-10)17-14(21)7-4-8-15(17)22)20(28)24-13-6-3-5-12(9-13)19-23-11(2)25-26-19/h3-9H,1-2H3,(H,24,28)(H,23,25,26). The van der Waals surface area contributed by atoms with E-state index in [4.69, 9.17) is 16.1 Å². The van der Waals surface area contributed by atoms with Gasteiger partial charge in [0.1, 0.15) is 28.7 Å². The van der Waals surface area contributed by atoms with E-state index < -0.39 is 11.7 Å². The van der Waals surface area contributed by atoms with Crippen LogP contribution in [0, 0.1) is 19.7 Å². The number of aromatic amines is 1. The fourth-order valence-electron chi connectivity index (χ4n) is 2.94. The van der Waals surface area contributed by atoms with Gasteiger partial charge in [0.2, 0.25) is 0 Å². The summed E-state index contributed by atoms with van der Waals surface area (Å²) in [6, 6.07) is 11.3. The number of aryl methyl sites for hydroxylation is 2. The van der Waals surface area contributed by atoms with Crippen molar-refractivity contribution in [2.75, 3.05) is 5.32 Å². The van der Waals surface area contributed by atoms with Crippen molar-refractivity contribution >= 4 is 23.2 Å². The van der Waals surface area contributed by atoms with Crippen LogP contribution in [0.15, 0.2) is 47.0 Å². The van der Waals surface area contributed by atoms with E-state index in [-0.39, 0.29) is 27.6 Å².